The number of benzene rings is 8. The second-order valence-electron chi connectivity index (χ2n) is 15.5. The van der Waals surface area contributed by atoms with Crippen molar-refractivity contribution in [2.45, 2.75) is 6.17 Å². The van der Waals surface area contributed by atoms with Gasteiger partial charge in [-0.3, -0.25) is 0 Å². The summed E-state index contributed by atoms with van der Waals surface area (Å²) in [6.45, 7) is 0. The van der Waals surface area contributed by atoms with Crippen LogP contribution in [0.5, 0.6) is 0 Å². The topological polar surface area (TPSA) is 62.5 Å². The molecule has 0 aliphatic carbocycles. The van der Waals surface area contributed by atoms with Crippen LogP contribution in [0.1, 0.15) is 22.9 Å². The van der Waals surface area contributed by atoms with E-state index in [1.807, 2.05) is 42.5 Å². The second-order valence-corrected chi connectivity index (χ2v) is 15.5. The van der Waals surface area contributed by atoms with Crippen LogP contribution in [0.15, 0.2) is 234 Å². The number of fused-ring (bicyclic) bond motifs is 3. The van der Waals surface area contributed by atoms with E-state index in [-0.39, 0.29) is 6.17 Å². The number of hydrogen-bond acceptors (Lipinski definition) is 5. The van der Waals surface area contributed by atoms with Crippen LogP contribution in [-0.2, 0) is 0 Å². The average Bonchev–Trinajstić information content (AvgIpc) is 3.37. The Kier molecular flexibility index (Phi) is 9.52. The molecule has 1 aliphatic heterocycles. The van der Waals surface area contributed by atoms with Crippen LogP contribution in [0.2, 0.25) is 0 Å². The average molecular weight is 794 g/mol. The quantitative estimate of drug-likeness (QED) is 0.156. The molecule has 0 radical (unpaired) electrons. The lowest BCUT2D eigenvalue weighted by atomic mass is 9.95. The molecule has 3 heterocycles. The molecule has 0 amide bonds. The normalized spacial score (nSPS) is 13.6. The Bertz CT molecular complexity index is 3290. The molecule has 0 saturated carbocycles. The second kappa shape index (κ2) is 16.1. The zero-order valence-electron chi connectivity index (χ0n) is 33.7. The van der Waals surface area contributed by atoms with Gasteiger partial charge < -0.3 is 5.32 Å². The Labute approximate surface area is 360 Å². The van der Waals surface area contributed by atoms with Crippen molar-refractivity contribution < 1.29 is 0 Å². The maximum Gasteiger partial charge on any atom is 0.159 e. The molecule has 1 aliphatic rings. The van der Waals surface area contributed by atoms with Crippen LogP contribution in [0.25, 0.3) is 77.7 Å². The van der Waals surface area contributed by atoms with Gasteiger partial charge in [-0.1, -0.05) is 200 Å². The molecule has 1 unspecified atom stereocenters. The van der Waals surface area contributed by atoms with Gasteiger partial charge in [0.1, 0.15) is 12.0 Å². The van der Waals surface area contributed by atoms with E-state index in [2.05, 4.69) is 187 Å². The van der Waals surface area contributed by atoms with E-state index in [0.717, 1.165) is 100 Å². The molecule has 1 N–H and O–H groups in total. The Morgan fingerprint density at radius 2 is 0.887 bits per heavy atom. The first kappa shape index (κ1) is 36.8. The smallest absolute Gasteiger partial charge is 0.159 e. The predicted octanol–water partition coefficient (Wildman–Crippen LogP) is 13.6. The molecule has 292 valence electrons. The SMILES string of the molecule is c1ccc(C2=NC(c3ccccc3)NC(c3cccc(-c4ccc(-c5cccc(-c6cc(-c7ccccc7)c7ccc8ccc(-c9ccccc9)nc8c7n6)c5)cc4)c3)=N2)cc1. The molecule has 8 aromatic carbocycles. The molecule has 2 aromatic heterocycles. The highest BCUT2D eigenvalue weighted by Crippen LogP contribution is 2.37. The highest BCUT2D eigenvalue weighted by atomic mass is 15.2. The van der Waals surface area contributed by atoms with Crippen molar-refractivity contribution in [1.29, 1.82) is 0 Å². The van der Waals surface area contributed by atoms with E-state index in [4.69, 9.17) is 20.0 Å². The van der Waals surface area contributed by atoms with Gasteiger partial charge in [-0.25, -0.2) is 20.0 Å². The van der Waals surface area contributed by atoms with Gasteiger partial charge in [0.25, 0.3) is 0 Å². The third-order valence-corrected chi connectivity index (χ3v) is 11.5. The summed E-state index contributed by atoms with van der Waals surface area (Å²) < 4.78 is 0. The molecular formula is C57H39N5. The zero-order valence-corrected chi connectivity index (χ0v) is 33.7. The molecule has 0 fully saturated rings. The van der Waals surface area contributed by atoms with E-state index in [1.165, 1.54) is 0 Å². The van der Waals surface area contributed by atoms with Crippen LogP contribution in [-0.4, -0.2) is 21.6 Å². The summed E-state index contributed by atoms with van der Waals surface area (Å²) >= 11 is 0. The van der Waals surface area contributed by atoms with Crippen LogP contribution >= 0.6 is 0 Å². The standard InChI is InChI=1S/C57H39N5/c1-5-15-40(16-6-1)50-37-52(59-54-49(50)33-31-42-32-34-51(58-53(42)54)41-17-7-2-8-18-41)47-25-13-23-45(35-47)38-27-29-39(30-28-38)46-24-14-26-48(36-46)57-61-55(43-19-9-3-10-20-43)60-56(62-57)44-21-11-4-12-22-44/h1-37,55H,(H,60,61,62). The Morgan fingerprint density at radius 3 is 1.56 bits per heavy atom. The third-order valence-electron chi connectivity index (χ3n) is 11.5. The Balaban J connectivity index is 0.934. The molecule has 0 bridgehead atoms. The summed E-state index contributed by atoms with van der Waals surface area (Å²) in [5.41, 5.74) is 15.6. The zero-order chi connectivity index (χ0) is 41.2. The van der Waals surface area contributed by atoms with E-state index < -0.39 is 0 Å². The predicted molar refractivity (Wildman–Crippen MR) is 256 cm³/mol. The van der Waals surface area contributed by atoms with Crippen LogP contribution in [0.4, 0.5) is 0 Å². The number of amidine groups is 2. The van der Waals surface area contributed by atoms with Crippen molar-refractivity contribution in [2.24, 2.45) is 9.98 Å². The summed E-state index contributed by atoms with van der Waals surface area (Å²) in [6, 6.07) is 78.3. The lowest BCUT2D eigenvalue weighted by Crippen LogP contribution is -2.33. The van der Waals surface area contributed by atoms with E-state index in [1.54, 1.807) is 0 Å². The van der Waals surface area contributed by atoms with Crippen LogP contribution < -0.4 is 5.32 Å². The van der Waals surface area contributed by atoms with Gasteiger partial charge in [-0.15, -0.1) is 0 Å². The number of pyridine rings is 2. The minimum Gasteiger partial charge on any atom is -0.344 e. The van der Waals surface area contributed by atoms with Crippen molar-refractivity contribution >= 4 is 33.5 Å². The van der Waals surface area contributed by atoms with Crippen molar-refractivity contribution in [1.82, 2.24) is 15.3 Å². The summed E-state index contributed by atoms with van der Waals surface area (Å²) in [4.78, 5) is 20.7. The van der Waals surface area contributed by atoms with Crippen LogP contribution in [0.3, 0.4) is 0 Å². The van der Waals surface area contributed by atoms with Gasteiger partial charge in [0, 0.05) is 33.0 Å². The minimum atomic E-state index is -0.254. The fourth-order valence-corrected chi connectivity index (χ4v) is 8.32. The highest BCUT2D eigenvalue weighted by molar-refractivity contribution is 6.13. The van der Waals surface area contributed by atoms with Crippen molar-refractivity contribution in [3.8, 4) is 55.9 Å². The Morgan fingerprint density at radius 1 is 0.355 bits per heavy atom. The number of aliphatic imine (C=N–C) groups is 2. The first-order valence-electron chi connectivity index (χ1n) is 20.9. The largest absolute Gasteiger partial charge is 0.344 e. The van der Waals surface area contributed by atoms with Gasteiger partial charge in [-0.2, -0.15) is 0 Å². The number of rotatable bonds is 8. The number of hydrogen-bond donors (Lipinski definition) is 1. The molecule has 0 saturated heterocycles. The molecule has 5 heteroatoms. The van der Waals surface area contributed by atoms with Gasteiger partial charge in [0.05, 0.1) is 22.4 Å². The van der Waals surface area contributed by atoms with Gasteiger partial charge in [0.15, 0.2) is 5.84 Å². The van der Waals surface area contributed by atoms with E-state index in [0.29, 0.717) is 5.84 Å². The fraction of sp³-hybridized carbons (Fsp3) is 0.0175. The van der Waals surface area contributed by atoms with Gasteiger partial charge >= 0.3 is 0 Å². The lowest BCUT2D eigenvalue weighted by Gasteiger charge is -2.24. The molecule has 10 aromatic rings. The summed E-state index contributed by atoms with van der Waals surface area (Å²) in [7, 11) is 0. The summed E-state index contributed by atoms with van der Waals surface area (Å²) in [5.74, 6) is 1.50. The van der Waals surface area contributed by atoms with E-state index >= 15 is 0 Å². The molecule has 0 spiro atoms. The molecule has 1 atom stereocenters. The third kappa shape index (κ3) is 7.22. The fourth-order valence-electron chi connectivity index (χ4n) is 8.32. The Hall–Kier alpha value is -8.28. The van der Waals surface area contributed by atoms with Crippen molar-refractivity contribution in [3.05, 3.63) is 241 Å². The molecule has 5 nitrogen and oxygen atoms in total. The first-order chi connectivity index (χ1) is 30.7. The minimum absolute atomic E-state index is 0.254. The molecule has 11 rings (SSSR count). The maximum absolute atomic E-state index is 5.39. The molecular weight excluding hydrogens is 755 g/mol. The van der Waals surface area contributed by atoms with Crippen molar-refractivity contribution in [2.75, 3.05) is 0 Å². The summed E-state index contributed by atoms with van der Waals surface area (Å²) in [6.07, 6.45) is -0.254. The maximum atomic E-state index is 5.39. The van der Waals surface area contributed by atoms with Gasteiger partial charge in [-0.05, 0) is 63.2 Å². The first-order valence-corrected chi connectivity index (χ1v) is 20.9. The van der Waals surface area contributed by atoms with E-state index in [9.17, 15) is 0 Å². The molecule has 62 heavy (non-hydrogen) atoms. The number of aromatic nitrogens is 2. The number of nitrogens with one attached hydrogen (secondary N) is 1. The van der Waals surface area contributed by atoms with Crippen LogP contribution in [0, 0.1) is 0 Å². The lowest BCUT2D eigenvalue weighted by molar-refractivity contribution is 0.674. The highest BCUT2D eigenvalue weighted by Gasteiger charge is 2.21. The monoisotopic (exact) mass is 793 g/mol. The number of nitrogens with zero attached hydrogens (tertiary/aromatic N) is 4. The summed E-state index contributed by atoms with van der Waals surface area (Å²) in [5, 5.41) is 5.75. The van der Waals surface area contributed by atoms with Crippen molar-refractivity contribution in [3.63, 3.8) is 0 Å². The van der Waals surface area contributed by atoms with Gasteiger partial charge in [0.2, 0.25) is 0 Å².